The number of amides is 4. The van der Waals surface area contributed by atoms with Crippen LogP contribution in [0.3, 0.4) is 0 Å². The second-order valence-corrected chi connectivity index (χ2v) is 21.0. The number of carbonyl (C=O) groups excluding carboxylic acids is 2. The zero-order valence-electron chi connectivity index (χ0n) is 42.5. The maximum Gasteiger partial charge on any atom is 0.496 e. The van der Waals surface area contributed by atoms with Gasteiger partial charge in [-0.1, -0.05) is 6.07 Å². The summed E-state index contributed by atoms with van der Waals surface area (Å²) in [7, 11) is -0.458. The predicted octanol–water partition coefficient (Wildman–Crippen LogP) is 6.88. The van der Waals surface area contributed by atoms with E-state index in [1.165, 1.54) is 34.5 Å². The van der Waals surface area contributed by atoms with Crippen molar-refractivity contribution in [3.05, 3.63) is 111 Å². The molecule has 11 rings (SSSR count). The highest BCUT2D eigenvalue weighted by Gasteiger charge is 2.52. The molecule has 6 aliphatic rings. The van der Waals surface area contributed by atoms with Crippen LogP contribution in [0.15, 0.2) is 66.0 Å². The van der Waals surface area contributed by atoms with Crippen LogP contribution in [-0.4, -0.2) is 112 Å². The first kappa shape index (κ1) is 55.4. The molecule has 3 fully saturated rings. The van der Waals surface area contributed by atoms with Crippen molar-refractivity contribution in [3.63, 3.8) is 0 Å². The largest absolute Gasteiger partial charge is 0.496 e. The van der Waals surface area contributed by atoms with Gasteiger partial charge in [-0.25, -0.2) is 37.7 Å². The number of carbonyl (C=O) groups is 2. The number of rotatable bonds is 4. The van der Waals surface area contributed by atoms with Gasteiger partial charge in [-0.2, -0.15) is 0 Å². The van der Waals surface area contributed by atoms with E-state index in [1.807, 2.05) is 33.8 Å². The Hall–Kier alpha value is -5.82. The number of nitrogens with zero attached hydrogens (tertiary/aromatic N) is 7. The third kappa shape index (κ3) is 12.2. The van der Waals surface area contributed by atoms with E-state index in [2.05, 4.69) is 46.2 Å². The van der Waals surface area contributed by atoms with Crippen LogP contribution in [0.1, 0.15) is 100 Å². The summed E-state index contributed by atoms with van der Waals surface area (Å²) < 4.78 is 64.9. The zero-order valence-corrected chi connectivity index (χ0v) is 44.1. The summed E-state index contributed by atoms with van der Waals surface area (Å²) in [6, 6.07) is 3.87. The molecule has 18 nitrogen and oxygen atoms in total. The number of nitrogens with two attached hydrogens (primary N) is 2. The van der Waals surface area contributed by atoms with Gasteiger partial charge in [0.15, 0.2) is 0 Å². The average molecular weight is 1100 g/mol. The van der Waals surface area contributed by atoms with E-state index < -0.39 is 36.2 Å². The first-order chi connectivity index (χ1) is 35.7. The average Bonchev–Trinajstić information content (AvgIpc) is 3.64. The lowest BCUT2D eigenvalue weighted by Gasteiger charge is -2.32. The van der Waals surface area contributed by atoms with Gasteiger partial charge in [-0.15, -0.1) is 0 Å². The lowest BCUT2D eigenvalue weighted by molar-refractivity contribution is -0.0684. The number of aliphatic hydroxyl groups is 2. The molecule has 0 spiro atoms. The number of hydrogen-bond donors (Lipinski definition) is 5. The van der Waals surface area contributed by atoms with Crippen molar-refractivity contribution in [1.82, 2.24) is 24.9 Å². The molecule has 11 heterocycles. The Kier molecular flexibility index (Phi) is 17.1. The SMILES string of the molecule is CC1(C)OB(c2cncc(C3(O)CCOCC3)c2)OC1(C)C.Fc1ccnc2c1CCCN2.NC(=O)N1CCCc2c1ncc(-c1cncc(C3(O)CCOCC3)c1)c2F.NC(=O)N1CCCc2c1ncc(Br)c2F. The van der Waals surface area contributed by atoms with Gasteiger partial charge in [0.1, 0.15) is 34.9 Å². The highest BCUT2D eigenvalue weighted by Crippen LogP contribution is 2.39. The number of hydrogen-bond acceptors (Lipinski definition) is 14. The van der Waals surface area contributed by atoms with Crippen LogP contribution in [-0.2, 0) is 49.2 Å². The third-order valence-electron chi connectivity index (χ3n) is 14.7. The van der Waals surface area contributed by atoms with Crippen molar-refractivity contribution in [2.24, 2.45) is 11.5 Å². The lowest BCUT2D eigenvalue weighted by atomic mass is 9.77. The van der Waals surface area contributed by atoms with Crippen molar-refractivity contribution in [2.75, 3.05) is 61.2 Å². The Labute approximate surface area is 442 Å². The van der Waals surface area contributed by atoms with Gasteiger partial charge in [-0.3, -0.25) is 19.8 Å². The zero-order chi connectivity index (χ0) is 53.7. The van der Waals surface area contributed by atoms with Gasteiger partial charge in [0.2, 0.25) is 0 Å². The lowest BCUT2D eigenvalue weighted by Crippen LogP contribution is -2.41. The van der Waals surface area contributed by atoms with Crippen molar-refractivity contribution >= 4 is 58.0 Å². The Morgan fingerprint density at radius 3 is 1.77 bits per heavy atom. The maximum atomic E-state index is 15.2. The predicted molar refractivity (Wildman–Crippen MR) is 279 cm³/mol. The van der Waals surface area contributed by atoms with Gasteiger partial charge < -0.3 is 45.8 Å². The van der Waals surface area contributed by atoms with Gasteiger partial charge in [0.25, 0.3) is 0 Å². The number of primary amides is 2. The van der Waals surface area contributed by atoms with Crippen LogP contribution in [0.25, 0.3) is 11.1 Å². The minimum absolute atomic E-state index is 0.137. The fraction of sp³-hybridized carbons (Fsp3) is 0.481. The van der Waals surface area contributed by atoms with Gasteiger partial charge in [0.05, 0.1) is 26.9 Å². The topological polar surface area (TPSA) is 247 Å². The van der Waals surface area contributed by atoms with Crippen LogP contribution in [0, 0.1) is 17.5 Å². The Morgan fingerprint density at radius 2 is 1.21 bits per heavy atom. The van der Waals surface area contributed by atoms with Gasteiger partial charge in [-0.05, 0) is 94.3 Å². The van der Waals surface area contributed by atoms with E-state index in [9.17, 15) is 28.6 Å². The molecule has 0 unspecified atom stereocenters. The van der Waals surface area contributed by atoms with Crippen LogP contribution >= 0.6 is 15.9 Å². The number of ether oxygens (including phenoxy) is 2. The molecule has 0 saturated carbocycles. The molecule has 7 N–H and O–H groups in total. The second-order valence-electron chi connectivity index (χ2n) is 20.2. The molecule has 0 aliphatic carbocycles. The summed E-state index contributed by atoms with van der Waals surface area (Å²) in [6.07, 6.45) is 17.1. The fourth-order valence-electron chi connectivity index (χ4n) is 9.58. The third-order valence-corrected chi connectivity index (χ3v) is 15.3. The Balaban J connectivity index is 0.000000140. The van der Waals surface area contributed by atoms with Gasteiger partial charge in [0, 0.05) is 160 Å². The van der Waals surface area contributed by atoms with Crippen LogP contribution in [0.5, 0.6) is 0 Å². The molecule has 5 aromatic heterocycles. The monoisotopic (exact) mass is 1100 g/mol. The van der Waals surface area contributed by atoms with E-state index in [-0.39, 0.29) is 28.7 Å². The van der Waals surface area contributed by atoms with Crippen molar-refractivity contribution in [2.45, 2.75) is 114 Å². The van der Waals surface area contributed by atoms with Crippen LogP contribution in [0.4, 0.5) is 40.2 Å². The summed E-state index contributed by atoms with van der Waals surface area (Å²) in [4.78, 5) is 46.1. The molecule has 5 aromatic rings. The quantitative estimate of drug-likeness (QED) is 0.115. The summed E-state index contributed by atoms with van der Waals surface area (Å²) in [5.41, 5.74) is 12.6. The molecule has 6 aliphatic heterocycles. The van der Waals surface area contributed by atoms with E-state index in [1.54, 1.807) is 30.9 Å². The Bertz CT molecular complexity index is 2860. The van der Waals surface area contributed by atoms with Crippen molar-refractivity contribution in [1.29, 1.82) is 0 Å². The number of aromatic nitrogens is 5. The second kappa shape index (κ2) is 23.2. The van der Waals surface area contributed by atoms with E-state index in [0.717, 1.165) is 41.8 Å². The Morgan fingerprint density at radius 1 is 0.693 bits per heavy atom. The molecule has 400 valence electrons. The molecule has 0 bridgehead atoms. The van der Waals surface area contributed by atoms with E-state index in [4.69, 9.17) is 30.2 Å². The summed E-state index contributed by atoms with van der Waals surface area (Å²) in [5.74, 6) is 0.421. The van der Waals surface area contributed by atoms with E-state index >= 15 is 4.39 Å². The molecular formula is C52H63BBrF3N10O8. The number of fused-ring (bicyclic) bond motifs is 3. The summed E-state index contributed by atoms with van der Waals surface area (Å²) in [6.45, 7) is 12.0. The first-order valence-corrected chi connectivity index (χ1v) is 25.9. The van der Waals surface area contributed by atoms with Crippen LogP contribution < -0.4 is 32.0 Å². The number of halogens is 4. The highest BCUT2D eigenvalue weighted by molar-refractivity contribution is 9.10. The standard InChI is InChI=1S/C19H21FN4O3.C16H24BNO4.C9H9BrFN3O.C8H9FN2/c20-16-14-2-1-5-24(18(21)25)17(14)23-11-15(16)12-8-13(10-22-9-12)19(26)3-6-27-7-4-19;1-14(2)15(3,4)22-17(21-14)13-9-12(10-18-11-13)16(19)5-7-20-8-6-16;10-6-4-13-8-5(7(6)11)2-1-3-14(8)9(12)15;9-7-3-5-11-8-6(7)2-1-4-10-8/h8-11,26H,1-7H2,(H2,21,25);9-11,19H,5-8H2,1-4H3;4H,1-3H2,(H2,12,15);3,5H,1-2,4H2,(H,10,11). The van der Waals surface area contributed by atoms with Crippen molar-refractivity contribution < 1.29 is 51.8 Å². The summed E-state index contributed by atoms with van der Waals surface area (Å²) >= 11 is 3.06. The summed E-state index contributed by atoms with van der Waals surface area (Å²) in [5, 5.41) is 24.7. The number of nitrogens with one attached hydrogen (secondary N) is 1. The molecule has 23 heteroatoms. The fourth-order valence-corrected chi connectivity index (χ4v) is 9.92. The van der Waals surface area contributed by atoms with Crippen molar-refractivity contribution in [3.8, 4) is 11.1 Å². The van der Waals surface area contributed by atoms with E-state index in [0.29, 0.717) is 129 Å². The minimum atomic E-state index is -1.03. The number of pyridine rings is 5. The molecule has 0 radical (unpaired) electrons. The minimum Gasteiger partial charge on any atom is -0.399 e. The molecular weight excluding hydrogens is 1040 g/mol. The molecule has 75 heavy (non-hydrogen) atoms. The maximum absolute atomic E-state index is 15.2. The molecule has 4 amide bonds. The molecule has 0 aromatic carbocycles. The van der Waals surface area contributed by atoms with Gasteiger partial charge >= 0.3 is 19.2 Å². The normalized spacial score (nSPS) is 19.7. The number of urea groups is 2. The first-order valence-electron chi connectivity index (χ1n) is 25.1. The smallest absolute Gasteiger partial charge is 0.399 e. The molecule has 3 saturated heterocycles. The number of anilines is 3. The molecule has 0 atom stereocenters. The van der Waals surface area contributed by atoms with Crippen LogP contribution in [0.2, 0.25) is 0 Å². The highest BCUT2D eigenvalue weighted by atomic mass is 79.9.